The summed E-state index contributed by atoms with van der Waals surface area (Å²) in [4.78, 5) is 18.5. The first kappa shape index (κ1) is 12.9. The van der Waals surface area contributed by atoms with Crippen molar-refractivity contribution < 1.29 is 4.79 Å². The van der Waals surface area contributed by atoms with Gasteiger partial charge in [-0.2, -0.15) is 0 Å². The van der Waals surface area contributed by atoms with Gasteiger partial charge in [-0.1, -0.05) is 13.3 Å². The fraction of sp³-hybridized carbons (Fsp3) is 0.571. The zero-order valence-corrected chi connectivity index (χ0v) is 11.0. The SMILES string of the molecule is CCCc1cc(C(=O)N2CCCCC2)cc(N)n1. The van der Waals surface area contributed by atoms with Gasteiger partial charge in [0.25, 0.3) is 5.91 Å². The van der Waals surface area contributed by atoms with E-state index >= 15 is 0 Å². The van der Waals surface area contributed by atoms with Crippen LogP contribution in [0.3, 0.4) is 0 Å². The number of hydrogen-bond acceptors (Lipinski definition) is 3. The van der Waals surface area contributed by atoms with Gasteiger partial charge in [-0.15, -0.1) is 0 Å². The minimum atomic E-state index is 0.0983. The van der Waals surface area contributed by atoms with Crippen LogP contribution in [0.5, 0.6) is 0 Å². The number of pyridine rings is 1. The highest BCUT2D eigenvalue weighted by atomic mass is 16.2. The first-order chi connectivity index (χ1) is 8.70. The molecule has 4 nitrogen and oxygen atoms in total. The van der Waals surface area contributed by atoms with Crippen molar-refractivity contribution in [2.75, 3.05) is 18.8 Å². The van der Waals surface area contributed by atoms with Gasteiger partial charge in [-0.3, -0.25) is 4.79 Å². The van der Waals surface area contributed by atoms with Crippen molar-refractivity contribution in [1.29, 1.82) is 0 Å². The molecule has 0 spiro atoms. The predicted molar refractivity (Wildman–Crippen MR) is 72.4 cm³/mol. The smallest absolute Gasteiger partial charge is 0.254 e. The zero-order chi connectivity index (χ0) is 13.0. The fourth-order valence-electron chi connectivity index (χ4n) is 2.40. The number of carbonyl (C=O) groups is 1. The lowest BCUT2D eigenvalue weighted by Crippen LogP contribution is -2.35. The summed E-state index contributed by atoms with van der Waals surface area (Å²) >= 11 is 0. The third-order valence-electron chi connectivity index (χ3n) is 3.29. The van der Waals surface area contributed by atoms with Crippen molar-refractivity contribution in [1.82, 2.24) is 9.88 Å². The van der Waals surface area contributed by atoms with Gasteiger partial charge in [0, 0.05) is 24.3 Å². The molecule has 2 heterocycles. The third kappa shape index (κ3) is 3.00. The Kier molecular flexibility index (Phi) is 4.18. The second-order valence-electron chi connectivity index (χ2n) is 4.87. The molecule has 0 unspecified atom stereocenters. The molecule has 1 aliphatic rings. The Hall–Kier alpha value is -1.58. The average molecular weight is 247 g/mol. The van der Waals surface area contributed by atoms with Crippen LogP contribution in [-0.2, 0) is 6.42 Å². The monoisotopic (exact) mass is 247 g/mol. The molecule has 98 valence electrons. The van der Waals surface area contributed by atoms with Crippen molar-refractivity contribution in [3.63, 3.8) is 0 Å². The Balaban J connectivity index is 2.18. The Bertz CT molecular complexity index is 425. The lowest BCUT2D eigenvalue weighted by molar-refractivity contribution is 0.0724. The first-order valence-corrected chi connectivity index (χ1v) is 6.76. The third-order valence-corrected chi connectivity index (χ3v) is 3.29. The number of aromatic nitrogens is 1. The number of hydrogen-bond donors (Lipinski definition) is 1. The molecule has 1 aromatic heterocycles. The summed E-state index contributed by atoms with van der Waals surface area (Å²) in [6, 6.07) is 3.58. The Labute approximate surface area is 108 Å². The molecule has 2 rings (SSSR count). The molecular weight excluding hydrogens is 226 g/mol. The van der Waals surface area contributed by atoms with E-state index in [1.807, 2.05) is 11.0 Å². The molecule has 18 heavy (non-hydrogen) atoms. The summed E-state index contributed by atoms with van der Waals surface area (Å²) in [7, 11) is 0. The predicted octanol–water partition coefficient (Wildman–Crippen LogP) is 2.24. The molecular formula is C14H21N3O. The topological polar surface area (TPSA) is 59.2 Å². The molecule has 2 N–H and O–H groups in total. The largest absolute Gasteiger partial charge is 0.384 e. The quantitative estimate of drug-likeness (QED) is 0.891. The molecule has 4 heteroatoms. The standard InChI is InChI=1S/C14H21N3O/c1-2-6-12-9-11(10-13(15)16-12)14(18)17-7-4-3-5-8-17/h9-10H,2-8H2,1H3,(H2,15,16). The number of nitrogen functional groups attached to an aromatic ring is 1. The van der Waals surface area contributed by atoms with E-state index in [0.29, 0.717) is 11.4 Å². The van der Waals surface area contributed by atoms with Gasteiger partial charge < -0.3 is 10.6 Å². The molecule has 0 atom stereocenters. The first-order valence-electron chi connectivity index (χ1n) is 6.76. The van der Waals surface area contributed by atoms with E-state index in [2.05, 4.69) is 11.9 Å². The number of amides is 1. The van der Waals surface area contributed by atoms with Crippen molar-refractivity contribution in [3.05, 3.63) is 23.4 Å². The maximum Gasteiger partial charge on any atom is 0.254 e. The Morgan fingerprint density at radius 1 is 1.33 bits per heavy atom. The molecule has 1 aliphatic heterocycles. The molecule has 0 aromatic carbocycles. The van der Waals surface area contributed by atoms with Crippen LogP contribution in [0, 0.1) is 0 Å². The summed E-state index contributed by atoms with van der Waals surface area (Å²) in [6.45, 7) is 3.82. The number of likely N-dealkylation sites (tertiary alicyclic amines) is 1. The van der Waals surface area contributed by atoms with Crippen molar-refractivity contribution in [2.45, 2.75) is 39.0 Å². The van der Waals surface area contributed by atoms with Crippen LogP contribution in [0.2, 0.25) is 0 Å². The summed E-state index contributed by atoms with van der Waals surface area (Å²) in [6.07, 6.45) is 5.31. The average Bonchev–Trinajstić information content (AvgIpc) is 2.38. The number of piperidine rings is 1. The van der Waals surface area contributed by atoms with E-state index in [4.69, 9.17) is 5.73 Å². The maximum absolute atomic E-state index is 12.4. The number of nitrogens with zero attached hydrogens (tertiary/aromatic N) is 2. The van der Waals surface area contributed by atoms with E-state index < -0.39 is 0 Å². The van der Waals surface area contributed by atoms with Crippen LogP contribution in [0.15, 0.2) is 12.1 Å². The highest BCUT2D eigenvalue weighted by Crippen LogP contribution is 2.16. The lowest BCUT2D eigenvalue weighted by atomic mass is 10.1. The van der Waals surface area contributed by atoms with E-state index in [1.165, 1.54) is 6.42 Å². The highest BCUT2D eigenvalue weighted by Gasteiger charge is 2.19. The molecule has 1 aromatic rings. The highest BCUT2D eigenvalue weighted by molar-refractivity contribution is 5.95. The lowest BCUT2D eigenvalue weighted by Gasteiger charge is -2.26. The zero-order valence-electron chi connectivity index (χ0n) is 11.0. The molecule has 0 aliphatic carbocycles. The van der Waals surface area contributed by atoms with E-state index in [-0.39, 0.29) is 5.91 Å². The van der Waals surface area contributed by atoms with Crippen molar-refractivity contribution >= 4 is 11.7 Å². The van der Waals surface area contributed by atoms with Gasteiger partial charge in [-0.05, 0) is 37.8 Å². The van der Waals surface area contributed by atoms with Gasteiger partial charge in [-0.25, -0.2) is 4.98 Å². The molecule has 0 bridgehead atoms. The molecule has 1 fully saturated rings. The number of rotatable bonds is 3. The van der Waals surface area contributed by atoms with E-state index in [9.17, 15) is 4.79 Å². The molecule has 0 saturated carbocycles. The van der Waals surface area contributed by atoms with E-state index in [1.54, 1.807) is 6.07 Å². The molecule has 1 saturated heterocycles. The Morgan fingerprint density at radius 2 is 2.06 bits per heavy atom. The minimum Gasteiger partial charge on any atom is -0.384 e. The summed E-state index contributed by atoms with van der Waals surface area (Å²) in [5.74, 6) is 0.544. The summed E-state index contributed by atoms with van der Waals surface area (Å²) in [5.41, 5.74) is 7.38. The second kappa shape index (κ2) is 5.85. The number of nitrogens with two attached hydrogens (primary N) is 1. The molecule has 0 radical (unpaired) electrons. The van der Waals surface area contributed by atoms with Crippen LogP contribution in [0.25, 0.3) is 0 Å². The van der Waals surface area contributed by atoms with Crippen LogP contribution >= 0.6 is 0 Å². The van der Waals surface area contributed by atoms with Crippen molar-refractivity contribution in [2.24, 2.45) is 0 Å². The Morgan fingerprint density at radius 3 is 2.72 bits per heavy atom. The summed E-state index contributed by atoms with van der Waals surface area (Å²) in [5, 5.41) is 0. The number of anilines is 1. The number of carbonyl (C=O) groups excluding carboxylic acids is 1. The van der Waals surface area contributed by atoms with Gasteiger partial charge in [0.05, 0.1) is 0 Å². The van der Waals surface area contributed by atoms with Crippen molar-refractivity contribution in [3.8, 4) is 0 Å². The van der Waals surface area contributed by atoms with Gasteiger partial charge >= 0.3 is 0 Å². The van der Waals surface area contributed by atoms with Crippen LogP contribution in [-0.4, -0.2) is 28.9 Å². The number of aryl methyl sites for hydroxylation is 1. The van der Waals surface area contributed by atoms with Gasteiger partial charge in [0.2, 0.25) is 0 Å². The minimum absolute atomic E-state index is 0.0983. The summed E-state index contributed by atoms with van der Waals surface area (Å²) < 4.78 is 0. The molecule has 1 amide bonds. The fourth-order valence-corrected chi connectivity index (χ4v) is 2.40. The second-order valence-corrected chi connectivity index (χ2v) is 4.87. The van der Waals surface area contributed by atoms with Gasteiger partial charge in [0.1, 0.15) is 5.82 Å². The van der Waals surface area contributed by atoms with Crippen LogP contribution in [0.4, 0.5) is 5.82 Å². The van der Waals surface area contributed by atoms with Crippen LogP contribution < -0.4 is 5.73 Å². The van der Waals surface area contributed by atoms with E-state index in [0.717, 1.165) is 44.5 Å². The van der Waals surface area contributed by atoms with Gasteiger partial charge in [0.15, 0.2) is 0 Å². The maximum atomic E-state index is 12.4. The van der Waals surface area contributed by atoms with Crippen LogP contribution in [0.1, 0.15) is 48.7 Å². The normalized spacial score (nSPS) is 15.7.